The van der Waals surface area contributed by atoms with Gasteiger partial charge in [-0.3, -0.25) is 15.0 Å². The topological polar surface area (TPSA) is 64.7 Å². The highest BCUT2D eigenvalue weighted by Crippen LogP contribution is 2.38. The molecule has 0 bridgehead atoms. The molecule has 0 radical (unpaired) electrons. The number of nitrogens with zero attached hydrogens (tertiary/aromatic N) is 2. The van der Waals surface area contributed by atoms with Crippen LogP contribution in [0.3, 0.4) is 0 Å². The Labute approximate surface area is 211 Å². The first kappa shape index (κ1) is 26.3. The Hall–Kier alpha value is -2.79. The summed E-state index contributed by atoms with van der Waals surface area (Å²) in [5.74, 6) is -0.674. The second-order valence-corrected chi connectivity index (χ2v) is 10.3. The summed E-state index contributed by atoms with van der Waals surface area (Å²) in [7, 11) is 1.57. The van der Waals surface area contributed by atoms with Crippen LogP contribution < -0.4 is 15.5 Å². The molecule has 0 aromatic heterocycles. The van der Waals surface area contributed by atoms with Crippen LogP contribution in [-0.4, -0.2) is 47.6 Å². The molecule has 1 heterocycles. The van der Waals surface area contributed by atoms with Gasteiger partial charge in [0.1, 0.15) is 12.0 Å². The number of urea groups is 1. The van der Waals surface area contributed by atoms with Crippen molar-refractivity contribution in [2.75, 3.05) is 17.3 Å². The summed E-state index contributed by atoms with van der Waals surface area (Å²) in [4.78, 5) is 29.6. The van der Waals surface area contributed by atoms with Gasteiger partial charge in [0.25, 0.3) is 0 Å². The molecule has 1 aliphatic heterocycles. The van der Waals surface area contributed by atoms with Crippen LogP contribution in [0.2, 0.25) is 0 Å². The van der Waals surface area contributed by atoms with E-state index in [4.69, 9.17) is 0 Å². The molecule has 1 saturated heterocycles. The molecule has 11 heteroatoms. The lowest BCUT2D eigenvalue weighted by atomic mass is 9.81. The molecule has 2 aromatic carbocycles. The van der Waals surface area contributed by atoms with E-state index in [2.05, 4.69) is 10.6 Å². The van der Waals surface area contributed by atoms with E-state index in [0.29, 0.717) is 5.69 Å². The summed E-state index contributed by atoms with van der Waals surface area (Å²) in [6.07, 6.45) is 2.99. The van der Waals surface area contributed by atoms with Gasteiger partial charge in [-0.25, -0.2) is 9.18 Å². The van der Waals surface area contributed by atoms with Gasteiger partial charge in [-0.1, -0.05) is 18.9 Å². The van der Waals surface area contributed by atoms with Gasteiger partial charge in [-0.05, 0) is 74.0 Å². The number of hydrogen-bond donors (Lipinski definition) is 2. The van der Waals surface area contributed by atoms with Crippen LogP contribution in [0, 0.1) is 11.7 Å². The highest BCUT2D eigenvalue weighted by molar-refractivity contribution is 8.00. The Bertz CT molecular complexity index is 1100. The van der Waals surface area contributed by atoms with Crippen LogP contribution in [0.5, 0.6) is 0 Å². The van der Waals surface area contributed by atoms with Crippen LogP contribution >= 0.6 is 11.8 Å². The number of carbonyl (C=O) groups is 2. The highest BCUT2D eigenvalue weighted by atomic mass is 32.2. The maximum absolute atomic E-state index is 13.6. The number of rotatable bonds is 5. The second kappa shape index (κ2) is 10.7. The van der Waals surface area contributed by atoms with Crippen molar-refractivity contribution in [3.8, 4) is 0 Å². The molecule has 4 atom stereocenters. The van der Waals surface area contributed by atoms with Gasteiger partial charge in [-0.15, -0.1) is 0 Å². The monoisotopic (exact) mass is 524 g/mol. The molecule has 1 aliphatic carbocycles. The van der Waals surface area contributed by atoms with Crippen LogP contribution in [0.15, 0.2) is 53.4 Å². The van der Waals surface area contributed by atoms with Crippen molar-refractivity contribution in [1.29, 1.82) is 0 Å². The number of alkyl halides is 3. The van der Waals surface area contributed by atoms with Crippen LogP contribution in [0.1, 0.15) is 32.6 Å². The van der Waals surface area contributed by atoms with Gasteiger partial charge in [0.05, 0.1) is 12.0 Å². The van der Waals surface area contributed by atoms with E-state index in [1.54, 1.807) is 31.0 Å². The molecule has 2 aromatic rings. The first-order valence-corrected chi connectivity index (χ1v) is 12.6. The third-order valence-electron chi connectivity index (χ3n) is 6.80. The molecule has 4 rings (SSSR count). The molecule has 4 unspecified atom stereocenters. The van der Waals surface area contributed by atoms with Gasteiger partial charge in [0, 0.05) is 29.4 Å². The predicted octanol–water partition coefficient (Wildman–Crippen LogP) is 5.81. The normalized spacial score (nSPS) is 23.1. The van der Waals surface area contributed by atoms with Gasteiger partial charge < -0.3 is 10.2 Å². The van der Waals surface area contributed by atoms with Crippen molar-refractivity contribution in [2.45, 2.75) is 61.3 Å². The summed E-state index contributed by atoms with van der Waals surface area (Å²) in [6, 6.07) is 10.1. The number of halogens is 4. The largest absolute Gasteiger partial charge is 0.446 e. The third kappa shape index (κ3) is 5.95. The number of hydrogen-bond acceptors (Lipinski definition) is 4. The van der Waals surface area contributed by atoms with Crippen LogP contribution in [0.4, 0.5) is 33.7 Å². The van der Waals surface area contributed by atoms with Crippen molar-refractivity contribution in [3.63, 3.8) is 0 Å². The van der Waals surface area contributed by atoms with E-state index < -0.39 is 29.6 Å². The lowest BCUT2D eigenvalue weighted by Gasteiger charge is -2.49. The third-order valence-corrected chi connectivity index (χ3v) is 7.52. The Morgan fingerprint density at radius 1 is 1.17 bits per heavy atom. The zero-order chi connectivity index (χ0) is 26.0. The number of carbonyl (C=O) groups excluding carboxylic acids is 2. The average molecular weight is 525 g/mol. The van der Waals surface area contributed by atoms with Crippen molar-refractivity contribution < 1.29 is 27.2 Å². The molecule has 0 spiro atoms. The van der Waals surface area contributed by atoms with Gasteiger partial charge in [-0.2, -0.15) is 13.2 Å². The summed E-state index contributed by atoms with van der Waals surface area (Å²) >= 11 is -0.257. The first-order valence-electron chi connectivity index (χ1n) is 11.8. The maximum atomic E-state index is 13.6. The molecular weight excluding hydrogens is 496 g/mol. The molecule has 1 saturated carbocycles. The minimum atomic E-state index is -4.44. The van der Waals surface area contributed by atoms with E-state index in [0.717, 1.165) is 25.7 Å². The number of amides is 3. The van der Waals surface area contributed by atoms with Gasteiger partial charge >= 0.3 is 11.5 Å². The zero-order valence-electron chi connectivity index (χ0n) is 19.9. The van der Waals surface area contributed by atoms with Crippen molar-refractivity contribution in [1.82, 2.24) is 10.2 Å². The Morgan fingerprint density at radius 3 is 2.56 bits per heavy atom. The molecule has 2 aliphatic rings. The molecule has 2 fully saturated rings. The minimum absolute atomic E-state index is 0.0251. The number of benzene rings is 2. The fourth-order valence-corrected chi connectivity index (χ4v) is 5.46. The Kier molecular flexibility index (Phi) is 7.79. The number of likely N-dealkylation sites (N-methyl/N-ethyl adjacent to an activating group) is 1. The molecular formula is C25H28F4N4O2S. The number of anilines is 2. The Balaban J connectivity index is 1.54. The first-order chi connectivity index (χ1) is 17.0. The average Bonchev–Trinajstić information content (AvgIpc) is 2.83. The lowest BCUT2D eigenvalue weighted by molar-refractivity contribution is -0.127. The lowest BCUT2D eigenvalue weighted by Crippen LogP contribution is -2.69. The predicted molar refractivity (Wildman–Crippen MR) is 131 cm³/mol. The fraction of sp³-hybridized carbons (Fsp3) is 0.440. The number of fused-ring (bicyclic) bond motifs is 1. The minimum Gasteiger partial charge on any atom is -0.321 e. The standard InChI is InChI=1S/C25H28F4N4O2S/c1-15(32(2)24(35)30-17-6-5-7-19(14-17)36-25(27,28)29)22-31-21-9-4-3-8-20(21)23(34)33(22)18-12-10-16(26)11-13-18/h5-7,10-15,20-22,31H,3-4,8-9H2,1-2H3,(H,30,35). The molecule has 6 nitrogen and oxygen atoms in total. The van der Waals surface area contributed by atoms with Crippen molar-refractivity contribution in [3.05, 3.63) is 54.3 Å². The Morgan fingerprint density at radius 2 is 1.86 bits per heavy atom. The van der Waals surface area contributed by atoms with E-state index >= 15 is 0 Å². The van der Waals surface area contributed by atoms with Crippen molar-refractivity contribution in [2.24, 2.45) is 5.92 Å². The van der Waals surface area contributed by atoms with E-state index in [9.17, 15) is 27.2 Å². The highest BCUT2D eigenvalue weighted by Gasteiger charge is 2.45. The molecule has 194 valence electrons. The maximum Gasteiger partial charge on any atom is 0.446 e. The molecule has 3 amide bonds. The fourth-order valence-electron chi connectivity index (χ4n) is 4.86. The molecule has 2 N–H and O–H groups in total. The van der Waals surface area contributed by atoms with E-state index in [-0.39, 0.29) is 40.2 Å². The summed E-state index contributed by atoms with van der Waals surface area (Å²) in [5.41, 5.74) is -3.68. The summed E-state index contributed by atoms with van der Waals surface area (Å²) < 4.78 is 51.8. The summed E-state index contributed by atoms with van der Waals surface area (Å²) in [6.45, 7) is 1.79. The molecule has 36 heavy (non-hydrogen) atoms. The van der Waals surface area contributed by atoms with Gasteiger partial charge in [0.2, 0.25) is 5.91 Å². The van der Waals surface area contributed by atoms with Crippen molar-refractivity contribution >= 4 is 35.1 Å². The van der Waals surface area contributed by atoms with Crippen LogP contribution in [0.25, 0.3) is 0 Å². The smallest absolute Gasteiger partial charge is 0.321 e. The number of thioether (sulfide) groups is 1. The SMILES string of the molecule is CC(C1NC2CCCCC2C(=O)N1c1ccc(F)cc1)N(C)C(=O)Nc1cccc(SC(F)(F)F)c1. The van der Waals surface area contributed by atoms with E-state index in [1.807, 2.05) is 0 Å². The zero-order valence-corrected chi connectivity index (χ0v) is 20.7. The summed E-state index contributed by atoms with van der Waals surface area (Å²) in [5, 5.41) is 6.19. The quantitative estimate of drug-likeness (QED) is 0.383. The van der Waals surface area contributed by atoms with Gasteiger partial charge in [0.15, 0.2) is 0 Å². The van der Waals surface area contributed by atoms with E-state index in [1.165, 1.54) is 41.3 Å². The number of nitrogens with one attached hydrogen (secondary N) is 2. The second-order valence-electron chi connectivity index (χ2n) is 9.15. The van der Waals surface area contributed by atoms with Crippen LogP contribution in [-0.2, 0) is 4.79 Å².